The first-order chi connectivity index (χ1) is 17.9. The molecule has 0 unspecified atom stereocenters. The van der Waals surface area contributed by atoms with Crippen LogP contribution in [-0.4, -0.2) is 64.8 Å². The maximum atomic E-state index is 16.0. The quantitative estimate of drug-likeness (QED) is 0.309. The molecule has 1 fully saturated rings. The Bertz CT molecular complexity index is 1440. The molecular formula is C25H26ClF2N5O5. The van der Waals surface area contributed by atoms with E-state index in [0.717, 1.165) is 18.5 Å². The van der Waals surface area contributed by atoms with Crippen LogP contribution in [-0.2, 0) is 4.74 Å². The van der Waals surface area contributed by atoms with Crippen LogP contribution in [0.25, 0.3) is 22.0 Å². The minimum atomic E-state index is -0.968. The zero-order chi connectivity index (χ0) is 27.9. The summed E-state index contributed by atoms with van der Waals surface area (Å²) < 4.78 is 42.0. The van der Waals surface area contributed by atoms with Crippen LogP contribution in [0.3, 0.4) is 0 Å². The van der Waals surface area contributed by atoms with Gasteiger partial charge in [0.25, 0.3) is 5.69 Å². The van der Waals surface area contributed by atoms with Crippen molar-refractivity contribution in [1.29, 1.82) is 0 Å². The summed E-state index contributed by atoms with van der Waals surface area (Å²) in [5.74, 6) is -1.54. The topological polar surface area (TPSA) is 111 Å². The van der Waals surface area contributed by atoms with E-state index in [4.69, 9.17) is 21.1 Å². The zero-order valence-electron chi connectivity index (χ0n) is 21.5. The third kappa shape index (κ3) is 4.87. The summed E-state index contributed by atoms with van der Waals surface area (Å²) >= 11 is 6.60. The molecule has 202 valence electrons. The van der Waals surface area contributed by atoms with Gasteiger partial charge in [0.1, 0.15) is 29.1 Å². The van der Waals surface area contributed by atoms with Gasteiger partial charge in [0.2, 0.25) is 0 Å². The van der Waals surface area contributed by atoms with E-state index in [0.29, 0.717) is 32.0 Å². The summed E-state index contributed by atoms with van der Waals surface area (Å²) in [5.41, 5.74) is -2.05. The van der Waals surface area contributed by atoms with Gasteiger partial charge in [0, 0.05) is 48.9 Å². The largest absolute Gasteiger partial charge is 0.494 e. The number of fused-ring (bicyclic) bond motifs is 1. The minimum absolute atomic E-state index is 0.00598. The zero-order valence-corrected chi connectivity index (χ0v) is 22.2. The van der Waals surface area contributed by atoms with Crippen molar-refractivity contribution in [1.82, 2.24) is 14.9 Å². The van der Waals surface area contributed by atoms with Gasteiger partial charge in [-0.05, 0) is 33.8 Å². The lowest BCUT2D eigenvalue weighted by Gasteiger charge is -2.36. The second kappa shape index (κ2) is 10.2. The SMILES string of the molecule is COc1c(Cl)c(-c2c(F)ccc([N+](=O)[O-])c2C)c(F)c2ncnc(N3CCN(C(=O)OC(C)(C)C)CC3)c12. The highest BCUT2D eigenvalue weighted by molar-refractivity contribution is 6.36. The maximum Gasteiger partial charge on any atom is 0.410 e. The van der Waals surface area contributed by atoms with Crippen LogP contribution in [0.1, 0.15) is 26.3 Å². The van der Waals surface area contributed by atoms with Gasteiger partial charge in [-0.3, -0.25) is 10.1 Å². The molecule has 0 radical (unpaired) electrons. The third-order valence-corrected chi connectivity index (χ3v) is 6.53. The number of carbonyl (C=O) groups excluding carboxylic acids is 1. The van der Waals surface area contributed by atoms with Crippen LogP contribution in [0.4, 0.5) is 25.1 Å². The highest BCUT2D eigenvalue weighted by Gasteiger charge is 2.32. The van der Waals surface area contributed by atoms with E-state index < -0.39 is 33.8 Å². The van der Waals surface area contributed by atoms with Crippen molar-refractivity contribution >= 4 is 40.1 Å². The van der Waals surface area contributed by atoms with Crippen molar-refractivity contribution in [2.24, 2.45) is 0 Å². The summed E-state index contributed by atoms with van der Waals surface area (Å²) in [5, 5.41) is 11.3. The van der Waals surface area contributed by atoms with Crippen molar-refractivity contribution in [3.05, 3.63) is 50.8 Å². The highest BCUT2D eigenvalue weighted by atomic mass is 35.5. The third-order valence-electron chi connectivity index (χ3n) is 6.17. The lowest BCUT2D eigenvalue weighted by Crippen LogP contribution is -2.50. The molecule has 3 aromatic rings. The molecule has 38 heavy (non-hydrogen) atoms. The number of piperazine rings is 1. The molecule has 0 saturated carbocycles. The van der Waals surface area contributed by atoms with Gasteiger partial charge in [0.15, 0.2) is 11.6 Å². The van der Waals surface area contributed by atoms with Crippen LogP contribution >= 0.6 is 11.6 Å². The number of benzene rings is 2. The molecule has 0 bridgehead atoms. The predicted octanol–water partition coefficient (Wildman–Crippen LogP) is 5.51. The Morgan fingerprint density at radius 2 is 1.79 bits per heavy atom. The maximum absolute atomic E-state index is 16.0. The van der Waals surface area contributed by atoms with Gasteiger partial charge in [-0.1, -0.05) is 11.6 Å². The molecule has 10 nitrogen and oxygen atoms in total. The molecule has 1 saturated heterocycles. The average Bonchev–Trinajstić information content (AvgIpc) is 2.85. The standard InChI is InChI=1S/C25H26ClF2N5O5/c1-13-15(33(35)36)7-6-14(27)16(13)17-19(26)22(37-5)18-21(20(17)28)29-12-30-23(18)31-8-10-32(11-9-31)24(34)38-25(2,3)4/h6-7,12H,8-11H2,1-5H3. The lowest BCUT2D eigenvalue weighted by atomic mass is 9.96. The van der Waals surface area contributed by atoms with Crippen LogP contribution in [0, 0.1) is 28.7 Å². The van der Waals surface area contributed by atoms with Gasteiger partial charge in [-0.2, -0.15) is 0 Å². The van der Waals surface area contributed by atoms with Crippen LogP contribution in [0.15, 0.2) is 18.5 Å². The van der Waals surface area contributed by atoms with Crippen molar-refractivity contribution in [3.8, 4) is 16.9 Å². The molecule has 2 aromatic carbocycles. The summed E-state index contributed by atoms with van der Waals surface area (Å²) in [7, 11) is 1.32. The van der Waals surface area contributed by atoms with Gasteiger partial charge < -0.3 is 19.3 Å². The first-order valence-electron chi connectivity index (χ1n) is 11.7. The predicted molar refractivity (Wildman–Crippen MR) is 138 cm³/mol. The van der Waals surface area contributed by atoms with E-state index in [-0.39, 0.29) is 38.5 Å². The monoisotopic (exact) mass is 549 g/mol. The number of hydrogen-bond donors (Lipinski definition) is 0. The van der Waals surface area contributed by atoms with Crippen molar-refractivity contribution in [2.75, 3.05) is 38.2 Å². The van der Waals surface area contributed by atoms with Crippen LogP contribution < -0.4 is 9.64 Å². The Labute approximate surface area is 222 Å². The minimum Gasteiger partial charge on any atom is -0.494 e. The fourth-order valence-corrected chi connectivity index (χ4v) is 4.79. The van der Waals surface area contributed by atoms with Gasteiger partial charge in [-0.15, -0.1) is 0 Å². The molecule has 1 amide bonds. The molecule has 0 spiro atoms. The number of nitrogens with zero attached hydrogens (tertiary/aromatic N) is 5. The van der Waals surface area contributed by atoms with Crippen molar-refractivity contribution in [3.63, 3.8) is 0 Å². The van der Waals surface area contributed by atoms with E-state index in [9.17, 15) is 19.3 Å². The number of methoxy groups -OCH3 is 1. The Hall–Kier alpha value is -3.80. The summed E-state index contributed by atoms with van der Waals surface area (Å²) in [6.07, 6.45) is 0.727. The number of hydrogen-bond acceptors (Lipinski definition) is 8. The van der Waals surface area contributed by atoms with Crippen molar-refractivity contribution < 1.29 is 28.0 Å². The fraction of sp³-hybridized carbons (Fsp3) is 0.400. The van der Waals surface area contributed by atoms with E-state index in [1.165, 1.54) is 14.0 Å². The number of nitro groups is 1. The summed E-state index contributed by atoms with van der Waals surface area (Å²) in [4.78, 5) is 35.0. The lowest BCUT2D eigenvalue weighted by molar-refractivity contribution is -0.385. The molecule has 2 heterocycles. The first-order valence-corrected chi connectivity index (χ1v) is 12.1. The van der Waals surface area contributed by atoms with Gasteiger partial charge in [0.05, 0.1) is 22.4 Å². The summed E-state index contributed by atoms with van der Waals surface area (Å²) in [6.45, 7) is 8.04. The van der Waals surface area contributed by atoms with Gasteiger partial charge in [-0.25, -0.2) is 23.5 Å². The molecular weight excluding hydrogens is 524 g/mol. The highest BCUT2D eigenvalue weighted by Crippen LogP contribution is 2.48. The molecule has 0 N–H and O–H groups in total. The molecule has 0 atom stereocenters. The first kappa shape index (κ1) is 27.2. The Balaban J connectivity index is 1.81. The number of aromatic nitrogens is 2. The Morgan fingerprint density at radius 1 is 1.13 bits per heavy atom. The normalized spacial score (nSPS) is 14.1. The van der Waals surface area contributed by atoms with E-state index >= 15 is 4.39 Å². The van der Waals surface area contributed by atoms with E-state index in [2.05, 4.69) is 9.97 Å². The fourth-order valence-electron chi connectivity index (χ4n) is 4.44. The van der Waals surface area contributed by atoms with E-state index in [1.54, 1.807) is 25.7 Å². The van der Waals surface area contributed by atoms with Gasteiger partial charge >= 0.3 is 6.09 Å². The number of amides is 1. The van der Waals surface area contributed by atoms with Crippen LogP contribution in [0.5, 0.6) is 5.75 Å². The summed E-state index contributed by atoms with van der Waals surface area (Å²) in [6, 6.07) is 1.90. The average molecular weight is 550 g/mol. The number of rotatable bonds is 4. The number of halogens is 3. The molecule has 1 aromatic heterocycles. The molecule has 4 rings (SSSR count). The number of nitro benzene ring substituents is 1. The smallest absolute Gasteiger partial charge is 0.410 e. The number of carbonyl (C=O) groups is 1. The van der Waals surface area contributed by atoms with Crippen molar-refractivity contribution in [2.45, 2.75) is 33.3 Å². The molecule has 0 aliphatic carbocycles. The second-order valence-corrected chi connectivity index (χ2v) is 10.1. The second-order valence-electron chi connectivity index (χ2n) is 9.74. The molecule has 1 aliphatic rings. The van der Waals surface area contributed by atoms with Crippen LogP contribution in [0.2, 0.25) is 5.02 Å². The Kier molecular flexibility index (Phi) is 7.29. The number of anilines is 1. The number of ether oxygens (including phenoxy) is 2. The van der Waals surface area contributed by atoms with E-state index in [1.807, 2.05) is 4.90 Å². The molecule has 1 aliphatic heterocycles. The molecule has 13 heteroatoms. The Morgan fingerprint density at radius 3 is 2.37 bits per heavy atom.